The number of hydrogen-bond donors (Lipinski definition) is 0. The summed E-state index contributed by atoms with van der Waals surface area (Å²) in [5.41, 5.74) is 0. The molecular weight excluding hydrogens is 202 g/mol. The van der Waals surface area contributed by atoms with E-state index in [1.54, 1.807) is 0 Å². The van der Waals surface area contributed by atoms with Crippen LogP contribution in [0.5, 0.6) is 0 Å². The average molecular weight is 225 g/mol. The molecule has 1 aliphatic carbocycles. The molecule has 3 unspecified atom stereocenters. The highest BCUT2D eigenvalue weighted by molar-refractivity contribution is 7.99. The number of nitrogens with zero attached hydrogens (tertiary/aromatic N) is 1. The van der Waals surface area contributed by atoms with Gasteiger partial charge in [0.2, 0.25) is 0 Å². The van der Waals surface area contributed by atoms with Crippen LogP contribution in [0.15, 0.2) is 0 Å². The SMILES string of the molecule is CCC(C)CSC1CCCCCC1C#N. The molecule has 1 fully saturated rings. The summed E-state index contributed by atoms with van der Waals surface area (Å²) in [4.78, 5) is 0. The first kappa shape index (κ1) is 12.9. The lowest BCUT2D eigenvalue weighted by molar-refractivity contribution is 0.579. The van der Waals surface area contributed by atoms with Crippen molar-refractivity contribution >= 4 is 11.8 Å². The minimum absolute atomic E-state index is 0.321. The van der Waals surface area contributed by atoms with E-state index in [1.807, 2.05) is 0 Å². The fourth-order valence-corrected chi connectivity index (χ4v) is 3.60. The molecule has 0 aromatic rings. The van der Waals surface area contributed by atoms with Gasteiger partial charge in [-0.1, -0.05) is 39.5 Å². The molecule has 2 heteroatoms. The van der Waals surface area contributed by atoms with Crippen LogP contribution in [0.2, 0.25) is 0 Å². The summed E-state index contributed by atoms with van der Waals surface area (Å²) in [5, 5.41) is 9.76. The van der Waals surface area contributed by atoms with Gasteiger partial charge >= 0.3 is 0 Å². The van der Waals surface area contributed by atoms with Gasteiger partial charge in [0.05, 0.1) is 12.0 Å². The summed E-state index contributed by atoms with van der Waals surface area (Å²) in [6.45, 7) is 4.56. The molecule has 3 atom stereocenters. The number of nitriles is 1. The van der Waals surface area contributed by atoms with Crippen molar-refractivity contribution in [3.8, 4) is 6.07 Å². The van der Waals surface area contributed by atoms with Crippen LogP contribution in [0.4, 0.5) is 0 Å². The highest BCUT2D eigenvalue weighted by Gasteiger charge is 2.23. The first-order valence-corrected chi connectivity index (χ1v) is 7.34. The van der Waals surface area contributed by atoms with Crippen LogP contribution in [0.1, 0.15) is 52.4 Å². The topological polar surface area (TPSA) is 23.8 Å². The van der Waals surface area contributed by atoms with E-state index in [-0.39, 0.29) is 0 Å². The zero-order chi connectivity index (χ0) is 11.1. The summed E-state index contributed by atoms with van der Waals surface area (Å²) in [6, 6.07) is 2.51. The zero-order valence-electron chi connectivity index (χ0n) is 10.0. The minimum Gasteiger partial charge on any atom is -0.198 e. The summed E-state index contributed by atoms with van der Waals surface area (Å²) < 4.78 is 0. The van der Waals surface area contributed by atoms with E-state index in [0.717, 1.165) is 12.3 Å². The third kappa shape index (κ3) is 4.47. The first-order chi connectivity index (χ1) is 7.27. The second-order valence-electron chi connectivity index (χ2n) is 4.76. The Morgan fingerprint density at radius 2 is 2.07 bits per heavy atom. The van der Waals surface area contributed by atoms with Crippen molar-refractivity contribution in [2.75, 3.05) is 5.75 Å². The molecule has 0 N–H and O–H groups in total. The van der Waals surface area contributed by atoms with E-state index in [2.05, 4.69) is 31.7 Å². The van der Waals surface area contributed by atoms with Gasteiger partial charge in [-0.2, -0.15) is 17.0 Å². The number of hydrogen-bond acceptors (Lipinski definition) is 2. The van der Waals surface area contributed by atoms with Gasteiger partial charge in [-0.25, -0.2) is 0 Å². The van der Waals surface area contributed by atoms with E-state index < -0.39 is 0 Å². The Hall–Kier alpha value is -0.160. The van der Waals surface area contributed by atoms with Gasteiger partial charge in [-0.05, 0) is 24.5 Å². The molecule has 15 heavy (non-hydrogen) atoms. The van der Waals surface area contributed by atoms with E-state index in [9.17, 15) is 0 Å². The maximum Gasteiger partial charge on any atom is 0.0667 e. The van der Waals surface area contributed by atoms with Gasteiger partial charge in [0, 0.05) is 5.25 Å². The minimum atomic E-state index is 0.321. The summed E-state index contributed by atoms with van der Waals surface area (Å²) in [7, 11) is 0. The molecule has 0 amide bonds. The lowest BCUT2D eigenvalue weighted by atomic mass is 10.0. The fraction of sp³-hybridized carbons (Fsp3) is 0.923. The van der Waals surface area contributed by atoms with E-state index in [4.69, 9.17) is 5.26 Å². The van der Waals surface area contributed by atoms with Crippen LogP contribution in [0.25, 0.3) is 0 Å². The Labute approximate surface area is 98.6 Å². The van der Waals surface area contributed by atoms with Crippen molar-refractivity contribution in [3.63, 3.8) is 0 Å². The fourth-order valence-electron chi connectivity index (χ4n) is 2.03. The molecule has 86 valence electrons. The molecule has 0 bridgehead atoms. The molecule has 1 aliphatic rings. The normalized spacial score (nSPS) is 29.1. The van der Waals surface area contributed by atoms with E-state index in [1.165, 1.54) is 37.9 Å². The second kappa shape index (κ2) is 7.17. The van der Waals surface area contributed by atoms with Gasteiger partial charge in [0.25, 0.3) is 0 Å². The predicted molar refractivity (Wildman–Crippen MR) is 67.9 cm³/mol. The van der Waals surface area contributed by atoms with Crippen LogP contribution in [-0.2, 0) is 0 Å². The van der Waals surface area contributed by atoms with Crippen molar-refractivity contribution in [1.29, 1.82) is 5.26 Å². The van der Waals surface area contributed by atoms with Crippen molar-refractivity contribution in [2.45, 2.75) is 57.6 Å². The maximum atomic E-state index is 9.15. The summed E-state index contributed by atoms with van der Waals surface area (Å²) in [5.74, 6) is 2.36. The van der Waals surface area contributed by atoms with Gasteiger partial charge < -0.3 is 0 Å². The Morgan fingerprint density at radius 3 is 2.73 bits per heavy atom. The molecule has 0 aromatic carbocycles. The van der Waals surface area contributed by atoms with Gasteiger partial charge in [-0.15, -0.1) is 0 Å². The van der Waals surface area contributed by atoms with Gasteiger partial charge in [0.15, 0.2) is 0 Å². The van der Waals surface area contributed by atoms with Gasteiger partial charge in [-0.3, -0.25) is 0 Å². The summed E-state index contributed by atoms with van der Waals surface area (Å²) in [6.07, 6.45) is 7.58. The lowest BCUT2D eigenvalue weighted by Gasteiger charge is -2.20. The average Bonchev–Trinajstić information content (AvgIpc) is 2.50. The molecule has 0 heterocycles. The smallest absolute Gasteiger partial charge is 0.0667 e. The summed E-state index contributed by atoms with van der Waals surface area (Å²) >= 11 is 2.05. The van der Waals surface area contributed by atoms with Crippen LogP contribution in [0.3, 0.4) is 0 Å². The third-order valence-electron chi connectivity index (χ3n) is 3.41. The second-order valence-corrected chi connectivity index (χ2v) is 6.03. The molecule has 0 radical (unpaired) electrons. The Balaban J connectivity index is 2.38. The van der Waals surface area contributed by atoms with Crippen molar-refractivity contribution < 1.29 is 0 Å². The van der Waals surface area contributed by atoms with E-state index >= 15 is 0 Å². The Morgan fingerprint density at radius 1 is 1.33 bits per heavy atom. The van der Waals surface area contributed by atoms with Crippen LogP contribution in [-0.4, -0.2) is 11.0 Å². The first-order valence-electron chi connectivity index (χ1n) is 6.29. The molecular formula is C13H23NS. The third-order valence-corrected chi connectivity index (χ3v) is 5.16. The van der Waals surface area contributed by atoms with Crippen LogP contribution in [0, 0.1) is 23.2 Å². The maximum absolute atomic E-state index is 9.15. The number of thioether (sulfide) groups is 1. The highest BCUT2D eigenvalue weighted by Crippen LogP contribution is 2.33. The van der Waals surface area contributed by atoms with Crippen molar-refractivity contribution in [3.05, 3.63) is 0 Å². The van der Waals surface area contributed by atoms with Crippen molar-refractivity contribution in [1.82, 2.24) is 0 Å². The quantitative estimate of drug-likeness (QED) is 0.668. The highest BCUT2D eigenvalue weighted by atomic mass is 32.2. The van der Waals surface area contributed by atoms with Crippen LogP contribution < -0.4 is 0 Å². The standard InChI is InChI=1S/C13H23NS/c1-3-11(2)10-15-13-8-6-4-5-7-12(13)9-14/h11-13H,3-8,10H2,1-2H3. The monoisotopic (exact) mass is 225 g/mol. The van der Waals surface area contributed by atoms with Crippen molar-refractivity contribution in [2.24, 2.45) is 11.8 Å². The van der Waals surface area contributed by atoms with Gasteiger partial charge in [0.1, 0.15) is 0 Å². The van der Waals surface area contributed by atoms with E-state index in [0.29, 0.717) is 11.2 Å². The number of rotatable bonds is 4. The molecule has 0 aromatic heterocycles. The molecule has 0 saturated heterocycles. The van der Waals surface area contributed by atoms with Crippen LogP contribution >= 0.6 is 11.8 Å². The molecule has 1 saturated carbocycles. The molecule has 0 aliphatic heterocycles. The largest absolute Gasteiger partial charge is 0.198 e. The molecule has 1 rings (SSSR count). The molecule has 0 spiro atoms. The molecule has 1 nitrogen and oxygen atoms in total. The zero-order valence-corrected chi connectivity index (χ0v) is 10.9. The lowest BCUT2D eigenvalue weighted by Crippen LogP contribution is -2.16. The Kier molecular flexibility index (Phi) is 6.17. The predicted octanol–water partition coefficient (Wildman–Crippen LogP) is 4.24. The Bertz CT molecular complexity index is 209.